The van der Waals surface area contributed by atoms with Gasteiger partial charge < -0.3 is 4.42 Å². The standard InChI is InChI=1S/C24H17NO3/c26-22(18-12-6-2-7-13-18)21-23(19-14-8-3-9-15-19)28-20(25-24(21)27)16-17-10-4-1-5-11-17/h1-15H,16H2. The molecule has 0 aliphatic heterocycles. The van der Waals surface area contributed by atoms with Crippen LogP contribution in [0, 0.1) is 0 Å². The third kappa shape index (κ3) is 3.67. The van der Waals surface area contributed by atoms with Crippen LogP contribution in [0.25, 0.3) is 11.3 Å². The van der Waals surface area contributed by atoms with E-state index in [9.17, 15) is 9.59 Å². The van der Waals surface area contributed by atoms with E-state index in [0.717, 1.165) is 5.56 Å². The highest BCUT2D eigenvalue weighted by molar-refractivity contribution is 6.11. The van der Waals surface area contributed by atoms with Gasteiger partial charge in [0.25, 0.3) is 5.56 Å². The van der Waals surface area contributed by atoms with Crippen molar-refractivity contribution in [3.05, 3.63) is 124 Å². The Kier molecular flexibility index (Phi) is 4.93. The van der Waals surface area contributed by atoms with Crippen LogP contribution in [0.4, 0.5) is 0 Å². The molecule has 4 aromatic rings. The maximum absolute atomic E-state index is 13.0. The Labute approximate surface area is 162 Å². The smallest absolute Gasteiger partial charge is 0.287 e. The summed E-state index contributed by atoms with van der Waals surface area (Å²) >= 11 is 0. The summed E-state index contributed by atoms with van der Waals surface area (Å²) in [5.74, 6) is 0.131. The largest absolute Gasteiger partial charge is 0.441 e. The first-order valence-corrected chi connectivity index (χ1v) is 8.95. The molecule has 0 N–H and O–H groups in total. The Hall–Kier alpha value is -3.79. The van der Waals surface area contributed by atoms with Gasteiger partial charge in [0.2, 0.25) is 11.7 Å². The molecule has 0 radical (unpaired) electrons. The van der Waals surface area contributed by atoms with E-state index in [1.165, 1.54) is 0 Å². The first-order valence-electron chi connectivity index (χ1n) is 8.95. The quantitative estimate of drug-likeness (QED) is 0.487. The van der Waals surface area contributed by atoms with Gasteiger partial charge in [0, 0.05) is 17.5 Å². The predicted molar refractivity (Wildman–Crippen MR) is 107 cm³/mol. The van der Waals surface area contributed by atoms with Crippen molar-refractivity contribution in [2.24, 2.45) is 0 Å². The van der Waals surface area contributed by atoms with Crippen LogP contribution in [-0.4, -0.2) is 10.8 Å². The number of nitrogens with zero attached hydrogens (tertiary/aromatic N) is 1. The summed E-state index contributed by atoms with van der Waals surface area (Å²) in [7, 11) is 0. The maximum atomic E-state index is 13.0. The van der Waals surface area contributed by atoms with Crippen molar-refractivity contribution in [1.29, 1.82) is 0 Å². The van der Waals surface area contributed by atoms with Gasteiger partial charge >= 0.3 is 0 Å². The number of aromatic nitrogens is 1. The van der Waals surface area contributed by atoms with Crippen LogP contribution in [-0.2, 0) is 6.42 Å². The second-order valence-corrected chi connectivity index (χ2v) is 6.34. The van der Waals surface area contributed by atoms with E-state index < -0.39 is 11.3 Å². The topological polar surface area (TPSA) is 60.2 Å². The van der Waals surface area contributed by atoms with Crippen LogP contribution >= 0.6 is 0 Å². The van der Waals surface area contributed by atoms with E-state index in [1.807, 2.05) is 66.7 Å². The van der Waals surface area contributed by atoms with E-state index in [4.69, 9.17) is 4.42 Å². The van der Waals surface area contributed by atoms with Gasteiger partial charge in [-0.1, -0.05) is 91.0 Å². The molecule has 4 nitrogen and oxygen atoms in total. The zero-order valence-electron chi connectivity index (χ0n) is 15.0. The molecule has 0 aliphatic carbocycles. The van der Waals surface area contributed by atoms with Crippen molar-refractivity contribution >= 4 is 5.78 Å². The minimum atomic E-state index is -0.579. The number of hydrogen-bond acceptors (Lipinski definition) is 4. The number of hydrogen-bond donors (Lipinski definition) is 0. The molecular formula is C24H17NO3. The Morgan fingerprint density at radius 1 is 0.786 bits per heavy atom. The highest BCUT2D eigenvalue weighted by Gasteiger charge is 2.23. The fourth-order valence-corrected chi connectivity index (χ4v) is 3.03. The van der Waals surface area contributed by atoms with Gasteiger partial charge in [-0.25, -0.2) is 0 Å². The summed E-state index contributed by atoms with van der Waals surface area (Å²) in [6.07, 6.45) is 0.371. The van der Waals surface area contributed by atoms with Crippen molar-refractivity contribution in [3.8, 4) is 11.3 Å². The van der Waals surface area contributed by atoms with E-state index in [2.05, 4.69) is 4.98 Å². The summed E-state index contributed by atoms with van der Waals surface area (Å²) < 4.78 is 5.99. The lowest BCUT2D eigenvalue weighted by Gasteiger charge is -2.09. The molecule has 1 heterocycles. The average Bonchev–Trinajstić information content (AvgIpc) is 2.75. The van der Waals surface area contributed by atoms with Gasteiger partial charge in [-0.15, -0.1) is 0 Å². The molecular weight excluding hydrogens is 350 g/mol. The lowest BCUT2D eigenvalue weighted by atomic mass is 10.00. The fourth-order valence-electron chi connectivity index (χ4n) is 3.03. The van der Waals surface area contributed by atoms with Crippen molar-refractivity contribution < 1.29 is 9.21 Å². The minimum absolute atomic E-state index is 0.0470. The third-order valence-electron chi connectivity index (χ3n) is 4.38. The van der Waals surface area contributed by atoms with Crippen LogP contribution in [0.1, 0.15) is 27.4 Å². The third-order valence-corrected chi connectivity index (χ3v) is 4.38. The number of rotatable bonds is 5. The Balaban J connectivity index is 1.86. The molecule has 0 saturated carbocycles. The number of benzene rings is 3. The van der Waals surface area contributed by atoms with Crippen molar-refractivity contribution in [3.63, 3.8) is 0 Å². The average molecular weight is 367 g/mol. The number of carbonyl (C=O) groups excluding carboxylic acids is 1. The van der Waals surface area contributed by atoms with Gasteiger partial charge in [0.1, 0.15) is 5.56 Å². The fraction of sp³-hybridized carbons (Fsp3) is 0.0417. The SMILES string of the molecule is O=C(c1ccccc1)c1c(-c2ccccc2)oc(Cc2ccccc2)nc1=O. The van der Waals surface area contributed by atoms with Gasteiger partial charge in [-0.3, -0.25) is 9.59 Å². The second kappa shape index (κ2) is 7.84. The molecule has 28 heavy (non-hydrogen) atoms. The van der Waals surface area contributed by atoms with Crippen molar-refractivity contribution in [2.45, 2.75) is 6.42 Å². The molecule has 0 saturated heterocycles. The van der Waals surface area contributed by atoms with E-state index in [-0.39, 0.29) is 17.2 Å². The normalized spacial score (nSPS) is 10.6. The molecule has 136 valence electrons. The first-order chi connectivity index (χ1) is 13.7. The number of ketones is 1. The molecule has 1 aromatic heterocycles. The summed E-state index contributed by atoms with van der Waals surface area (Å²) in [6, 6.07) is 27.5. The van der Waals surface area contributed by atoms with Gasteiger partial charge in [0.05, 0.1) is 0 Å². The van der Waals surface area contributed by atoms with Crippen LogP contribution < -0.4 is 5.56 Å². The van der Waals surface area contributed by atoms with E-state index in [0.29, 0.717) is 17.5 Å². The van der Waals surface area contributed by atoms with E-state index in [1.54, 1.807) is 24.3 Å². The Morgan fingerprint density at radius 2 is 1.36 bits per heavy atom. The lowest BCUT2D eigenvalue weighted by Crippen LogP contribution is -2.21. The highest BCUT2D eigenvalue weighted by Crippen LogP contribution is 2.25. The van der Waals surface area contributed by atoms with E-state index >= 15 is 0 Å². The van der Waals surface area contributed by atoms with Crippen LogP contribution in [0.3, 0.4) is 0 Å². The van der Waals surface area contributed by atoms with Gasteiger partial charge in [0.15, 0.2) is 5.76 Å². The Morgan fingerprint density at radius 3 is 2.00 bits per heavy atom. The zero-order chi connectivity index (χ0) is 19.3. The minimum Gasteiger partial charge on any atom is -0.441 e. The molecule has 0 fully saturated rings. The molecule has 0 bridgehead atoms. The van der Waals surface area contributed by atoms with Gasteiger partial charge in [-0.2, -0.15) is 4.98 Å². The summed E-state index contributed by atoms with van der Waals surface area (Å²) in [4.78, 5) is 29.9. The van der Waals surface area contributed by atoms with Crippen LogP contribution in [0.5, 0.6) is 0 Å². The number of carbonyl (C=O) groups is 1. The maximum Gasteiger partial charge on any atom is 0.287 e. The van der Waals surface area contributed by atoms with Crippen molar-refractivity contribution in [1.82, 2.24) is 4.98 Å². The lowest BCUT2D eigenvalue weighted by molar-refractivity contribution is 0.103. The van der Waals surface area contributed by atoms with Crippen LogP contribution in [0.2, 0.25) is 0 Å². The molecule has 0 aliphatic rings. The molecule has 4 rings (SSSR count). The molecule has 0 spiro atoms. The molecule has 0 amide bonds. The van der Waals surface area contributed by atoms with Crippen molar-refractivity contribution in [2.75, 3.05) is 0 Å². The monoisotopic (exact) mass is 367 g/mol. The predicted octanol–water partition coefficient (Wildman–Crippen LogP) is 4.52. The molecule has 0 atom stereocenters. The Bertz CT molecular complexity index is 1150. The first kappa shape index (κ1) is 17.6. The zero-order valence-corrected chi connectivity index (χ0v) is 15.0. The summed E-state index contributed by atoms with van der Waals surface area (Å²) in [5, 5.41) is 0. The molecule has 4 heteroatoms. The molecule has 3 aromatic carbocycles. The molecule has 0 unspecified atom stereocenters. The van der Waals surface area contributed by atoms with Crippen LogP contribution in [0.15, 0.2) is 100 Å². The highest BCUT2D eigenvalue weighted by atomic mass is 16.3. The summed E-state index contributed by atoms with van der Waals surface area (Å²) in [6.45, 7) is 0. The van der Waals surface area contributed by atoms with Gasteiger partial charge in [-0.05, 0) is 5.56 Å². The summed E-state index contributed by atoms with van der Waals surface area (Å²) in [5.41, 5.74) is 1.43. The second-order valence-electron chi connectivity index (χ2n) is 6.34.